The molecule has 0 radical (unpaired) electrons. The van der Waals surface area contributed by atoms with Gasteiger partial charge in [0.05, 0.1) is 5.69 Å². The summed E-state index contributed by atoms with van der Waals surface area (Å²) in [6, 6.07) is 5.86. The predicted octanol–water partition coefficient (Wildman–Crippen LogP) is 5.11. The van der Waals surface area contributed by atoms with Gasteiger partial charge >= 0.3 is 11.8 Å². The van der Waals surface area contributed by atoms with Gasteiger partial charge in [0, 0.05) is 36.9 Å². The first-order chi connectivity index (χ1) is 13.6. The van der Waals surface area contributed by atoms with Crippen molar-refractivity contribution in [1.29, 1.82) is 0 Å². The van der Waals surface area contributed by atoms with E-state index >= 15 is 0 Å². The molecule has 156 valence electrons. The molecule has 2 aliphatic rings. The lowest BCUT2D eigenvalue weighted by atomic mass is 9.74. The van der Waals surface area contributed by atoms with Crippen LogP contribution in [0.4, 0.5) is 27.8 Å². The summed E-state index contributed by atoms with van der Waals surface area (Å²) in [6.07, 6.45) is 1.08. The maximum absolute atomic E-state index is 13.5. The lowest BCUT2D eigenvalue weighted by molar-refractivity contribution is -0.313. The van der Waals surface area contributed by atoms with Crippen molar-refractivity contribution in [2.75, 3.05) is 5.32 Å². The molecule has 2 fully saturated rings. The summed E-state index contributed by atoms with van der Waals surface area (Å²) in [7, 11) is 1.68. The number of anilines is 1. The highest BCUT2D eigenvalue weighted by Gasteiger charge is 2.71. The molecule has 1 aromatic heterocycles. The number of carbonyl (C=O) groups excluding carboxylic acids is 1. The van der Waals surface area contributed by atoms with Crippen LogP contribution in [0.15, 0.2) is 24.3 Å². The maximum atomic E-state index is 13.5. The zero-order chi connectivity index (χ0) is 21.0. The number of aromatic nitrogens is 2. The minimum absolute atomic E-state index is 0.133. The van der Waals surface area contributed by atoms with Gasteiger partial charge in [-0.2, -0.15) is 22.7 Å². The molecule has 0 unspecified atom stereocenters. The lowest BCUT2D eigenvalue weighted by Gasteiger charge is -2.43. The summed E-state index contributed by atoms with van der Waals surface area (Å²) in [5.74, 6) is -10.7. The van der Waals surface area contributed by atoms with Crippen LogP contribution in [0.5, 0.6) is 0 Å². The Morgan fingerprint density at radius 1 is 1.21 bits per heavy atom. The van der Waals surface area contributed by atoms with Gasteiger partial charge in [-0.05, 0) is 43.0 Å². The lowest BCUT2D eigenvalue weighted by Crippen LogP contribution is -2.59. The Bertz CT molecular complexity index is 934. The van der Waals surface area contributed by atoms with Crippen LogP contribution in [0, 0.1) is 11.7 Å². The Hall–Kier alpha value is -2.45. The molecule has 1 N–H and O–H groups in total. The minimum atomic E-state index is -4.18. The highest BCUT2D eigenvalue weighted by atomic mass is 19.3. The van der Waals surface area contributed by atoms with Crippen LogP contribution < -0.4 is 5.32 Å². The molecule has 2 aromatic rings. The summed E-state index contributed by atoms with van der Waals surface area (Å²) in [5, 5.41) is 6.87. The van der Waals surface area contributed by atoms with Gasteiger partial charge in [0.15, 0.2) is 5.82 Å². The van der Waals surface area contributed by atoms with Crippen molar-refractivity contribution in [2.45, 2.75) is 49.9 Å². The van der Waals surface area contributed by atoms with E-state index < -0.39 is 36.5 Å². The van der Waals surface area contributed by atoms with Crippen LogP contribution in [0.25, 0.3) is 11.3 Å². The largest absolute Gasteiger partial charge is 0.313 e. The van der Waals surface area contributed by atoms with Crippen LogP contribution in [0.3, 0.4) is 0 Å². The van der Waals surface area contributed by atoms with Crippen molar-refractivity contribution >= 4 is 11.7 Å². The molecule has 29 heavy (non-hydrogen) atoms. The second-order valence-electron chi connectivity index (χ2n) is 7.85. The summed E-state index contributed by atoms with van der Waals surface area (Å²) >= 11 is 0. The fraction of sp³-hybridized carbons (Fsp3) is 0.500. The normalized spacial score (nSPS) is 22.6. The molecule has 2 saturated carbocycles. The van der Waals surface area contributed by atoms with E-state index in [4.69, 9.17) is 0 Å². The molecule has 1 aromatic carbocycles. The van der Waals surface area contributed by atoms with Crippen molar-refractivity contribution in [3.8, 4) is 11.3 Å². The molecular formula is C20H20F5N3O. The number of hydrogen-bond acceptors (Lipinski definition) is 2. The number of carbonyl (C=O) groups is 1. The van der Waals surface area contributed by atoms with Crippen molar-refractivity contribution in [1.82, 2.24) is 9.78 Å². The van der Waals surface area contributed by atoms with E-state index in [-0.39, 0.29) is 17.6 Å². The van der Waals surface area contributed by atoms with Gasteiger partial charge in [0.25, 0.3) is 0 Å². The van der Waals surface area contributed by atoms with Crippen molar-refractivity contribution in [3.05, 3.63) is 35.6 Å². The van der Waals surface area contributed by atoms with Crippen LogP contribution in [0.2, 0.25) is 0 Å². The van der Waals surface area contributed by atoms with Crippen molar-refractivity contribution in [3.63, 3.8) is 0 Å². The Labute approximate surface area is 164 Å². The molecule has 1 amide bonds. The Morgan fingerprint density at radius 2 is 1.86 bits per heavy atom. The molecule has 4 nitrogen and oxygen atoms in total. The fourth-order valence-electron chi connectivity index (χ4n) is 4.01. The van der Waals surface area contributed by atoms with E-state index in [9.17, 15) is 26.7 Å². The van der Waals surface area contributed by atoms with E-state index in [1.54, 1.807) is 23.9 Å². The first kappa shape index (κ1) is 19.8. The molecule has 0 bridgehead atoms. The zero-order valence-electron chi connectivity index (χ0n) is 15.7. The van der Waals surface area contributed by atoms with Gasteiger partial charge in [-0.3, -0.25) is 9.48 Å². The molecule has 1 atom stereocenters. The third kappa shape index (κ3) is 3.30. The highest BCUT2D eigenvalue weighted by molar-refractivity contribution is 5.92. The number of nitrogens with one attached hydrogen (secondary N) is 1. The third-order valence-corrected chi connectivity index (χ3v) is 5.91. The van der Waals surface area contributed by atoms with Crippen molar-refractivity contribution in [2.24, 2.45) is 13.0 Å². The summed E-state index contributed by atoms with van der Waals surface area (Å²) in [6.45, 7) is 0. The van der Waals surface area contributed by atoms with E-state index in [0.717, 1.165) is 24.8 Å². The smallest absolute Gasteiger partial charge is 0.309 e. The Balaban J connectivity index is 1.58. The molecule has 0 spiro atoms. The molecule has 1 heterocycles. The van der Waals surface area contributed by atoms with Crippen LogP contribution in [-0.4, -0.2) is 27.5 Å². The summed E-state index contributed by atoms with van der Waals surface area (Å²) in [5.41, 5.74) is 2.20. The zero-order valence-corrected chi connectivity index (χ0v) is 15.7. The SMILES string of the molecule is Cn1nc(NC(=O)C[C@H]2CC(F)(F)C2(F)F)c(C2CCC2)c1-c1ccc(F)cc1. The van der Waals surface area contributed by atoms with Gasteiger partial charge in [-0.25, -0.2) is 4.39 Å². The quantitative estimate of drug-likeness (QED) is 0.693. The van der Waals surface area contributed by atoms with E-state index in [1.165, 1.54) is 12.1 Å². The number of aryl methyl sites for hydroxylation is 1. The molecule has 9 heteroatoms. The Morgan fingerprint density at radius 3 is 2.38 bits per heavy atom. The summed E-state index contributed by atoms with van der Waals surface area (Å²) < 4.78 is 67.9. The number of hydrogen-bond donors (Lipinski definition) is 1. The third-order valence-electron chi connectivity index (χ3n) is 5.91. The van der Waals surface area contributed by atoms with Crippen molar-refractivity contribution < 1.29 is 26.7 Å². The number of amides is 1. The second kappa shape index (κ2) is 6.81. The van der Waals surface area contributed by atoms with Gasteiger partial charge < -0.3 is 5.32 Å². The summed E-state index contributed by atoms with van der Waals surface area (Å²) in [4.78, 5) is 12.3. The molecule has 0 saturated heterocycles. The molecular weight excluding hydrogens is 393 g/mol. The van der Waals surface area contributed by atoms with Gasteiger partial charge in [-0.15, -0.1) is 0 Å². The number of nitrogens with zero attached hydrogens (tertiary/aromatic N) is 2. The average molecular weight is 413 g/mol. The van der Waals surface area contributed by atoms with E-state index in [2.05, 4.69) is 10.4 Å². The van der Waals surface area contributed by atoms with E-state index in [0.29, 0.717) is 11.3 Å². The van der Waals surface area contributed by atoms with Crippen LogP contribution in [0.1, 0.15) is 43.6 Å². The topological polar surface area (TPSA) is 46.9 Å². The number of alkyl halides is 4. The van der Waals surface area contributed by atoms with Crippen LogP contribution >= 0.6 is 0 Å². The predicted molar refractivity (Wildman–Crippen MR) is 96.4 cm³/mol. The first-order valence-corrected chi connectivity index (χ1v) is 9.48. The van der Waals surface area contributed by atoms with Gasteiger partial charge in [-0.1, -0.05) is 6.42 Å². The van der Waals surface area contributed by atoms with Gasteiger partial charge in [0.2, 0.25) is 5.91 Å². The molecule has 2 aliphatic carbocycles. The first-order valence-electron chi connectivity index (χ1n) is 9.48. The highest BCUT2D eigenvalue weighted by Crippen LogP contribution is 2.56. The number of benzene rings is 1. The fourth-order valence-corrected chi connectivity index (χ4v) is 4.01. The average Bonchev–Trinajstić information content (AvgIpc) is 2.89. The number of halogens is 5. The molecule has 0 aliphatic heterocycles. The van der Waals surface area contributed by atoms with Crippen LogP contribution in [-0.2, 0) is 11.8 Å². The van der Waals surface area contributed by atoms with E-state index in [1.807, 2.05) is 0 Å². The minimum Gasteiger partial charge on any atom is -0.309 e. The maximum Gasteiger partial charge on any atom is 0.313 e. The number of rotatable bonds is 5. The monoisotopic (exact) mass is 413 g/mol. The second-order valence-corrected chi connectivity index (χ2v) is 7.85. The van der Waals surface area contributed by atoms with Gasteiger partial charge in [0.1, 0.15) is 5.82 Å². The Kier molecular flexibility index (Phi) is 4.66. The molecule has 4 rings (SSSR count). The standard InChI is InChI=1S/C20H20F5N3O/c1-28-17(12-5-7-14(21)8-6-12)16(11-3-2-4-11)18(27-28)26-15(29)9-13-10-19(22,23)20(13,24)25/h5-8,11,13H,2-4,9-10H2,1H3,(H,26,27,29)/t13-/m0/s1.